The monoisotopic (exact) mass is 450 g/mol. The van der Waals surface area contributed by atoms with Crippen molar-refractivity contribution in [3.8, 4) is 5.75 Å². The van der Waals surface area contributed by atoms with Crippen LogP contribution in [0.1, 0.15) is 37.7 Å². The van der Waals surface area contributed by atoms with E-state index in [1.54, 1.807) is 14.0 Å². The van der Waals surface area contributed by atoms with Gasteiger partial charge < -0.3 is 25.2 Å². The molecule has 4 rings (SSSR count). The average Bonchev–Trinajstić information content (AvgIpc) is 3.32. The lowest BCUT2D eigenvalue weighted by Crippen LogP contribution is -2.40. The van der Waals surface area contributed by atoms with Gasteiger partial charge in [-0.1, -0.05) is 12.1 Å². The van der Waals surface area contributed by atoms with Gasteiger partial charge in [-0.15, -0.1) is 0 Å². The van der Waals surface area contributed by atoms with Crippen LogP contribution in [0.15, 0.2) is 48.5 Å². The molecule has 7 nitrogen and oxygen atoms in total. The number of methoxy groups -OCH3 is 1. The lowest BCUT2D eigenvalue weighted by Gasteiger charge is -2.32. The lowest BCUT2D eigenvalue weighted by atomic mass is 9.89. The molecule has 2 aromatic rings. The Hall–Kier alpha value is -3.06. The first-order chi connectivity index (χ1) is 16.0. The molecule has 0 bridgehead atoms. The average molecular weight is 451 g/mol. The van der Waals surface area contributed by atoms with Crippen molar-refractivity contribution in [3.05, 3.63) is 54.1 Å². The van der Waals surface area contributed by atoms with E-state index in [1.165, 1.54) is 5.56 Å². The Labute approximate surface area is 196 Å². The third-order valence-electron chi connectivity index (χ3n) is 6.68. The summed E-state index contributed by atoms with van der Waals surface area (Å²) in [5, 5.41) is 6.36. The Morgan fingerprint density at radius 1 is 0.970 bits per heavy atom. The largest absolute Gasteiger partial charge is 0.497 e. The Morgan fingerprint density at radius 2 is 1.67 bits per heavy atom. The van der Waals surface area contributed by atoms with Gasteiger partial charge in [0.1, 0.15) is 11.5 Å². The van der Waals surface area contributed by atoms with Crippen LogP contribution >= 0.6 is 0 Å². The van der Waals surface area contributed by atoms with E-state index in [1.807, 2.05) is 29.2 Å². The molecule has 0 spiro atoms. The van der Waals surface area contributed by atoms with E-state index >= 15 is 0 Å². The van der Waals surface area contributed by atoms with E-state index in [0.29, 0.717) is 18.5 Å². The molecule has 2 aromatic carbocycles. The Morgan fingerprint density at radius 3 is 2.30 bits per heavy atom. The molecule has 0 aromatic heterocycles. The molecule has 1 atom stereocenters. The molecule has 7 heteroatoms. The fourth-order valence-corrected chi connectivity index (χ4v) is 4.70. The highest BCUT2D eigenvalue weighted by atomic mass is 16.5. The number of hydrogen-bond donors (Lipinski definition) is 2. The summed E-state index contributed by atoms with van der Waals surface area (Å²) >= 11 is 0. The van der Waals surface area contributed by atoms with E-state index in [-0.39, 0.29) is 11.8 Å². The number of carbonyl (C=O) groups excluding carboxylic acids is 2. The number of benzene rings is 2. The standard InChI is InChI=1S/C26H34N4O3/c1-19(31)17-27-23-13-16-30(18-23)24-7-5-22(6-8-24)28-26(32)29-14-11-21(12-15-29)20-3-9-25(33-2)10-4-20/h3-10,21,23,27H,11-18H2,1-2H3,(H,28,32). The van der Waals surface area contributed by atoms with E-state index < -0.39 is 0 Å². The minimum absolute atomic E-state index is 0.0365. The predicted octanol–water partition coefficient (Wildman–Crippen LogP) is 3.86. The molecule has 33 heavy (non-hydrogen) atoms. The molecule has 2 heterocycles. The fourth-order valence-electron chi connectivity index (χ4n) is 4.70. The fraction of sp³-hybridized carbons (Fsp3) is 0.462. The number of rotatable bonds is 7. The molecule has 2 N–H and O–H groups in total. The van der Waals surface area contributed by atoms with Gasteiger partial charge in [0.25, 0.3) is 0 Å². The zero-order valence-electron chi connectivity index (χ0n) is 19.5. The summed E-state index contributed by atoms with van der Waals surface area (Å²) in [7, 11) is 1.68. The van der Waals surface area contributed by atoms with E-state index in [2.05, 4.69) is 39.8 Å². The summed E-state index contributed by atoms with van der Waals surface area (Å²) < 4.78 is 5.24. The van der Waals surface area contributed by atoms with Crippen molar-refractivity contribution in [2.24, 2.45) is 0 Å². The number of piperidine rings is 1. The Bertz CT molecular complexity index is 937. The smallest absolute Gasteiger partial charge is 0.321 e. The first kappa shape index (κ1) is 23.1. The van der Waals surface area contributed by atoms with Crippen LogP contribution in [0.2, 0.25) is 0 Å². The first-order valence-corrected chi connectivity index (χ1v) is 11.8. The number of hydrogen-bond acceptors (Lipinski definition) is 5. The number of amides is 2. The predicted molar refractivity (Wildman–Crippen MR) is 131 cm³/mol. The van der Waals surface area contributed by atoms with Crippen LogP contribution in [0.25, 0.3) is 0 Å². The maximum atomic E-state index is 12.8. The number of nitrogens with zero attached hydrogens (tertiary/aromatic N) is 2. The quantitative estimate of drug-likeness (QED) is 0.670. The highest BCUT2D eigenvalue weighted by Crippen LogP contribution is 2.29. The first-order valence-electron chi connectivity index (χ1n) is 11.8. The van der Waals surface area contributed by atoms with Gasteiger partial charge in [-0.3, -0.25) is 4.79 Å². The second-order valence-electron chi connectivity index (χ2n) is 9.03. The van der Waals surface area contributed by atoms with Gasteiger partial charge in [0.15, 0.2) is 0 Å². The van der Waals surface area contributed by atoms with Gasteiger partial charge in [0, 0.05) is 43.6 Å². The number of nitrogens with one attached hydrogen (secondary N) is 2. The van der Waals surface area contributed by atoms with Crippen LogP contribution in [-0.2, 0) is 4.79 Å². The molecule has 0 radical (unpaired) electrons. The van der Waals surface area contributed by atoms with Crippen molar-refractivity contribution in [1.29, 1.82) is 0 Å². The normalized spacial score (nSPS) is 18.9. The topological polar surface area (TPSA) is 73.9 Å². The lowest BCUT2D eigenvalue weighted by molar-refractivity contribution is -0.116. The minimum atomic E-state index is -0.0365. The van der Waals surface area contributed by atoms with Crippen molar-refractivity contribution in [2.75, 3.05) is 50.1 Å². The highest BCUT2D eigenvalue weighted by Gasteiger charge is 2.25. The molecule has 0 aliphatic carbocycles. The summed E-state index contributed by atoms with van der Waals surface area (Å²) in [6.07, 6.45) is 2.96. The van der Waals surface area contributed by atoms with Gasteiger partial charge in [-0.25, -0.2) is 4.79 Å². The maximum Gasteiger partial charge on any atom is 0.321 e. The van der Waals surface area contributed by atoms with Crippen molar-refractivity contribution in [3.63, 3.8) is 0 Å². The Balaban J connectivity index is 1.24. The van der Waals surface area contributed by atoms with Gasteiger partial charge in [-0.2, -0.15) is 0 Å². The summed E-state index contributed by atoms with van der Waals surface area (Å²) in [6, 6.07) is 16.6. The van der Waals surface area contributed by atoms with E-state index in [9.17, 15) is 9.59 Å². The number of anilines is 2. The molecular weight excluding hydrogens is 416 g/mol. The molecule has 2 amide bonds. The molecule has 2 saturated heterocycles. The van der Waals surface area contributed by atoms with Crippen molar-refractivity contribution in [2.45, 2.75) is 38.1 Å². The second-order valence-corrected chi connectivity index (χ2v) is 9.03. The zero-order valence-corrected chi connectivity index (χ0v) is 19.5. The van der Waals surface area contributed by atoms with Crippen LogP contribution in [0, 0.1) is 0 Å². The molecule has 0 saturated carbocycles. The minimum Gasteiger partial charge on any atom is -0.497 e. The molecule has 2 aliphatic heterocycles. The summed E-state index contributed by atoms with van der Waals surface area (Å²) in [5.41, 5.74) is 3.26. The summed E-state index contributed by atoms with van der Waals surface area (Å²) in [5.74, 6) is 1.52. The van der Waals surface area contributed by atoms with Gasteiger partial charge in [0.2, 0.25) is 0 Å². The number of likely N-dealkylation sites (tertiary alicyclic amines) is 1. The van der Waals surface area contributed by atoms with Crippen molar-refractivity contribution in [1.82, 2.24) is 10.2 Å². The number of urea groups is 1. The molecule has 1 unspecified atom stereocenters. The maximum absolute atomic E-state index is 12.8. The third kappa shape index (κ3) is 6.05. The number of ketones is 1. The highest BCUT2D eigenvalue weighted by molar-refractivity contribution is 5.89. The Kier molecular flexibility index (Phi) is 7.50. The van der Waals surface area contributed by atoms with Crippen molar-refractivity contribution >= 4 is 23.2 Å². The third-order valence-corrected chi connectivity index (χ3v) is 6.68. The SMILES string of the molecule is COc1ccc(C2CCN(C(=O)Nc3ccc(N4CCC(NCC(C)=O)C4)cc3)CC2)cc1. The van der Waals surface area contributed by atoms with Crippen LogP contribution < -0.4 is 20.3 Å². The number of ether oxygens (including phenoxy) is 1. The molecule has 2 fully saturated rings. The molecule has 176 valence electrons. The summed E-state index contributed by atoms with van der Waals surface area (Å²) in [6.45, 7) is 5.40. The van der Waals surface area contributed by atoms with Crippen LogP contribution in [0.4, 0.5) is 16.2 Å². The van der Waals surface area contributed by atoms with Crippen LogP contribution in [-0.4, -0.2) is 62.6 Å². The van der Waals surface area contributed by atoms with Crippen LogP contribution in [0.3, 0.4) is 0 Å². The van der Waals surface area contributed by atoms with Gasteiger partial charge in [-0.05, 0) is 74.1 Å². The van der Waals surface area contributed by atoms with E-state index in [0.717, 1.165) is 62.6 Å². The number of Topliss-reactive ketones (excluding diaryl/α,β-unsaturated/α-hetero) is 1. The van der Waals surface area contributed by atoms with Gasteiger partial charge >= 0.3 is 6.03 Å². The van der Waals surface area contributed by atoms with E-state index in [4.69, 9.17) is 4.74 Å². The summed E-state index contributed by atoms with van der Waals surface area (Å²) in [4.78, 5) is 28.1. The van der Waals surface area contributed by atoms with Crippen molar-refractivity contribution < 1.29 is 14.3 Å². The second kappa shape index (κ2) is 10.7. The number of carbonyl (C=O) groups is 2. The van der Waals surface area contributed by atoms with Gasteiger partial charge in [0.05, 0.1) is 13.7 Å². The molecule has 2 aliphatic rings. The molecular formula is C26H34N4O3. The zero-order chi connectivity index (χ0) is 23.2. The van der Waals surface area contributed by atoms with Crippen LogP contribution in [0.5, 0.6) is 5.75 Å².